The summed E-state index contributed by atoms with van der Waals surface area (Å²) in [6.45, 7) is 1.84. The standard InChI is InChI=1S/C25H24N4O/c30-25-20(10-9-19-6-5-15-28-23(19)25)24(22-8-2-4-14-27-22)29-16-11-18(12-17-29)21-7-1-3-13-26-21/h1-10,13-15,18,24,30H,11-12,16-17H2. The number of piperidine rings is 1. The van der Waals surface area contributed by atoms with Crippen molar-refractivity contribution in [2.75, 3.05) is 13.1 Å². The van der Waals surface area contributed by atoms with E-state index in [-0.39, 0.29) is 11.8 Å². The molecule has 0 radical (unpaired) electrons. The number of hydrogen-bond acceptors (Lipinski definition) is 5. The molecule has 5 heteroatoms. The highest BCUT2D eigenvalue weighted by molar-refractivity contribution is 5.85. The van der Waals surface area contributed by atoms with Gasteiger partial charge in [0.1, 0.15) is 11.3 Å². The van der Waals surface area contributed by atoms with Gasteiger partial charge in [-0.15, -0.1) is 0 Å². The SMILES string of the molecule is Oc1c(C(c2ccccn2)N2CCC(c3ccccn3)CC2)ccc2cccnc12. The lowest BCUT2D eigenvalue weighted by molar-refractivity contribution is 0.168. The zero-order valence-electron chi connectivity index (χ0n) is 16.7. The zero-order valence-corrected chi connectivity index (χ0v) is 16.7. The third kappa shape index (κ3) is 3.53. The monoisotopic (exact) mass is 396 g/mol. The second-order valence-electron chi connectivity index (χ2n) is 7.80. The van der Waals surface area contributed by atoms with Gasteiger partial charge in [-0.3, -0.25) is 19.9 Å². The predicted molar refractivity (Wildman–Crippen MR) is 117 cm³/mol. The number of fused-ring (bicyclic) bond motifs is 1. The van der Waals surface area contributed by atoms with Gasteiger partial charge in [0.15, 0.2) is 0 Å². The molecule has 1 saturated heterocycles. The van der Waals surface area contributed by atoms with Crippen LogP contribution in [0.25, 0.3) is 10.9 Å². The van der Waals surface area contributed by atoms with E-state index >= 15 is 0 Å². The van der Waals surface area contributed by atoms with Crippen molar-refractivity contribution in [3.05, 3.63) is 96.2 Å². The van der Waals surface area contributed by atoms with Crippen LogP contribution in [-0.4, -0.2) is 38.0 Å². The molecule has 0 spiro atoms. The third-order valence-corrected chi connectivity index (χ3v) is 6.04. The van der Waals surface area contributed by atoms with E-state index < -0.39 is 0 Å². The van der Waals surface area contributed by atoms with Gasteiger partial charge in [-0.1, -0.05) is 30.3 Å². The van der Waals surface area contributed by atoms with Crippen LogP contribution in [0.4, 0.5) is 0 Å². The summed E-state index contributed by atoms with van der Waals surface area (Å²) >= 11 is 0. The molecule has 1 aliphatic rings. The van der Waals surface area contributed by atoms with Gasteiger partial charge in [-0.25, -0.2) is 0 Å². The highest BCUT2D eigenvalue weighted by atomic mass is 16.3. The number of likely N-dealkylation sites (tertiary alicyclic amines) is 1. The Morgan fingerprint density at radius 3 is 2.30 bits per heavy atom. The number of aromatic hydroxyl groups is 1. The molecule has 0 bridgehead atoms. The smallest absolute Gasteiger partial charge is 0.146 e. The van der Waals surface area contributed by atoms with Gasteiger partial charge in [0.2, 0.25) is 0 Å². The summed E-state index contributed by atoms with van der Waals surface area (Å²) in [4.78, 5) is 16.0. The summed E-state index contributed by atoms with van der Waals surface area (Å²) in [5.74, 6) is 0.717. The van der Waals surface area contributed by atoms with Crippen molar-refractivity contribution >= 4 is 10.9 Å². The van der Waals surface area contributed by atoms with Crippen molar-refractivity contribution in [3.63, 3.8) is 0 Å². The molecule has 150 valence electrons. The van der Waals surface area contributed by atoms with E-state index in [4.69, 9.17) is 0 Å². The molecule has 1 unspecified atom stereocenters. The molecule has 0 amide bonds. The molecule has 5 nitrogen and oxygen atoms in total. The lowest BCUT2D eigenvalue weighted by atomic mass is 9.90. The van der Waals surface area contributed by atoms with Crippen LogP contribution in [0.2, 0.25) is 0 Å². The first kappa shape index (κ1) is 18.7. The molecule has 5 rings (SSSR count). The van der Waals surface area contributed by atoms with Crippen molar-refractivity contribution in [3.8, 4) is 5.75 Å². The van der Waals surface area contributed by atoms with Crippen LogP contribution < -0.4 is 0 Å². The highest BCUT2D eigenvalue weighted by Gasteiger charge is 2.31. The van der Waals surface area contributed by atoms with Gasteiger partial charge in [0.25, 0.3) is 0 Å². The fourth-order valence-corrected chi connectivity index (χ4v) is 4.52. The molecule has 1 aliphatic heterocycles. The predicted octanol–water partition coefficient (Wildman–Crippen LogP) is 4.70. The van der Waals surface area contributed by atoms with Crippen molar-refractivity contribution < 1.29 is 5.11 Å². The van der Waals surface area contributed by atoms with Crippen LogP contribution >= 0.6 is 0 Å². The third-order valence-electron chi connectivity index (χ3n) is 6.04. The second-order valence-corrected chi connectivity index (χ2v) is 7.80. The quantitative estimate of drug-likeness (QED) is 0.542. The van der Waals surface area contributed by atoms with Crippen LogP contribution in [-0.2, 0) is 0 Å². The fourth-order valence-electron chi connectivity index (χ4n) is 4.52. The lowest BCUT2D eigenvalue weighted by Crippen LogP contribution is -2.37. The Kier molecular flexibility index (Phi) is 5.11. The van der Waals surface area contributed by atoms with Crippen LogP contribution in [0.1, 0.15) is 41.8 Å². The molecule has 1 atom stereocenters. The van der Waals surface area contributed by atoms with Gasteiger partial charge in [-0.05, 0) is 56.3 Å². The molecule has 4 heterocycles. The summed E-state index contributed by atoms with van der Waals surface area (Å²) in [7, 11) is 0. The Morgan fingerprint density at radius 2 is 1.57 bits per heavy atom. The summed E-state index contributed by atoms with van der Waals surface area (Å²) in [6, 6.07) is 19.9. The number of pyridine rings is 3. The molecule has 3 aromatic heterocycles. The summed E-state index contributed by atoms with van der Waals surface area (Å²) < 4.78 is 0. The molecule has 4 aromatic rings. The maximum atomic E-state index is 11.1. The molecule has 0 aliphatic carbocycles. The summed E-state index contributed by atoms with van der Waals surface area (Å²) in [5.41, 5.74) is 3.61. The Hall–Kier alpha value is -3.31. The maximum Gasteiger partial charge on any atom is 0.146 e. The van der Waals surface area contributed by atoms with E-state index in [0.717, 1.165) is 42.6 Å². The molecule has 1 aromatic carbocycles. The molecular formula is C25H24N4O. The molecule has 1 N–H and O–H groups in total. The topological polar surface area (TPSA) is 62.1 Å². The van der Waals surface area contributed by atoms with E-state index in [2.05, 4.69) is 32.0 Å². The van der Waals surface area contributed by atoms with E-state index in [1.165, 1.54) is 5.69 Å². The van der Waals surface area contributed by atoms with E-state index in [1.54, 1.807) is 6.20 Å². The number of hydrogen-bond donors (Lipinski definition) is 1. The highest BCUT2D eigenvalue weighted by Crippen LogP contribution is 2.39. The Balaban J connectivity index is 1.49. The molecule has 0 saturated carbocycles. The van der Waals surface area contributed by atoms with E-state index in [0.29, 0.717) is 11.4 Å². The molecular weight excluding hydrogens is 372 g/mol. The van der Waals surface area contributed by atoms with Crippen LogP contribution in [0, 0.1) is 0 Å². The number of phenolic OH excluding ortho intramolecular Hbond substituents is 1. The van der Waals surface area contributed by atoms with Crippen LogP contribution in [0.5, 0.6) is 5.75 Å². The van der Waals surface area contributed by atoms with Gasteiger partial charge in [-0.2, -0.15) is 0 Å². The fraction of sp³-hybridized carbons (Fsp3) is 0.240. The first-order chi connectivity index (χ1) is 14.8. The number of nitrogens with zero attached hydrogens (tertiary/aromatic N) is 4. The number of rotatable bonds is 4. The number of phenols is 1. The van der Waals surface area contributed by atoms with Gasteiger partial charge in [0, 0.05) is 41.2 Å². The van der Waals surface area contributed by atoms with Crippen molar-refractivity contribution in [1.82, 2.24) is 19.9 Å². The first-order valence-corrected chi connectivity index (χ1v) is 10.4. The lowest BCUT2D eigenvalue weighted by Gasteiger charge is -2.37. The molecule has 30 heavy (non-hydrogen) atoms. The van der Waals surface area contributed by atoms with E-state index in [1.807, 2.05) is 60.9 Å². The summed E-state index contributed by atoms with van der Waals surface area (Å²) in [5, 5.41) is 12.1. The average Bonchev–Trinajstić information content (AvgIpc) is 2.83. The maximum absolute atomic E-state index is 11.1. The van der Waals surface area contributed by atoms with Gasteiger partial charge < -0.3 is 5.11 Å². The largest absolute Gasteiger partial charge is 0.505 e. The minimum atomic E-state index is -0.109. The molecule has 1 fully saturated rings. The van der Waals surface area contributed by atoms with Crippen molar-refractivity contribution in [2.24, 2.45) is 0 Å². The average molecular weight is 396 g/mol. The summed E-state index contributed by atoms with van der Waals surface area (Å²) in [6.07, 6.45) is 7.48. The normalized spacial score (nSPS) is 16.5. The first-order valence-electron chi connectivity index (χ1n) is 10.4. The Labute approximate surface area is 176 Å². The number of aromatic nitrogens is 3. The minimum Gasteiger partial charge on any atom is -0.505 e. The zero-order chi connectivity index (χ0) is 20.3. The second kappa shape index (κ2) is 8.20. The van der Waals surface area contributed by atoms with E-state index in [9.17, 15) is 5.11 Å². The van der Waals surface area contributed by atoms with Crippen LogP contribution in [0.3, 0.4) is 0 Å². The Bertz CT molecular complexity index is 1130. The Morgan fingerprint density at radius 1 is 0.800 bits per heavy atom. The van der Waals surface area contributed by atoms with Crippen molar-refractivity contribution in [1.29, 1.82) is 0 Å². The van der Waals surface area contributed by atoms with Crippen LogP contribution in [0.15, 0.2) is 79.3 Å². The van der Waals surface area contributed by atoms with Gasteiger partial charge in [0.05, 0.1) is 11.7 Å². The minimum absolute atomic E-state index is 0.109. The van der Waals surface area contributed by atoms with Crippen molar-refractivity contribution in [2.45, 2.75) is 24.8 Å². The number of benzene rings is 1. The van der Waals surface area contributed by atoms with Gasteiger partial charge >= 0.3 is 0 Å².